The Morgan fingerprint density at radius 2 is 1.91 bits per heavy atom. The van der Waals surface area contributed by atoms with Gasteiger partial charge in [0.15, 0.2) is 0 Å². The standard InChI is InChI=1S/C14H19F3N2O3/c1-9(13(18)21)19(2)7-11(20)8-22-12-5-3-10(4-6-12)14(15,16)17/h3-6,9,11,20H,7-8H2,1-2H3,(H2,18,21). The van der Waals surface area contributed by atoms with Crippen LogP contribution in [-0.2, 0) is 11.0 Å². The number of amides is 1. The van der Waals surface area contributed by atoms with Gasteiger partial charge in [-0.1, -0.05) is 0 Å². The zero-order valence-corrected chi connectivity index (χ0v) is 12.3. The van der Waals surface area contributed by atoms with E-state index in [2.05, 4.69) is 0 Å². The Morgan fingerprint density at radius 1 is 1.36 bits per heavy atom. The highest BCUT2D eigenvalue weighted by Gasteiger charge is 2.30. The molecule has 0 saturated carbocycles. The third kappa shape index (κ3) is 5.53. The Balaban J connectivity index is 2.47. The summed E-state index contributed by atoms with van der Waals surface area (Å²) in [5.74, 6) is -0.295. The summed E-state index contributed by atoms with van der Waals surface area (Å²) in [7, 11) is 1.62. The molecule has 1 aromatic rings. The van der Waals surface area contributed by atoms with E-state index in [1.807, 2.05) is 0 Å². The van der Waals surface area contributed by atoms with Gasteiger partial charge in [0.1, 0.15) is 18.5 Å². The lowest BCUT2D eigenvalue weighted by molar-refractivity contribution is -0.137. The van der Waals surface area contributed by atoms with Gasteiger partial charge in [0.25, 0.3) is 0 Å². The van der Waals surface area contributed by atoms with Crippen LogP contribution in [0.2, 0.25) is 0 Å². The van der Waals surface area contributed by atoms with Crippen LogP contribution >= 0.6 is 0 Å². The number of aliphatic hydroxyl groups excluding tert-OH is 1. The van der Waals surface area contributed by atoms with Gasteiger partial charge in [-0.2, -0.15) is 13.2 Å². The topological polar surface area (TPSA) is 75.8 Å². The van der Waals surface area contributed by atoms with E-state index in [1.165, 1.54) is 12.1 Å². The molecule has 0 saturated heterocycles. The van der Waals surface area contributed by atoms with Crippen molar-refractivity contribution in [2.75, 3.05) is 20.2 Å². The first kappa shape index (κ1) is 18.2. The molecule has 8 heteroatoms. The molecule has 5 nitrogen and oxygen atoms in total. The number of aliphatic hydroxyl groups is 1. The first-order valence-electron chi connectivity index (χ1n) is 6.59. The van der Waals surface area contributed by atoms with Gasteiger partial charge in [0, 0.05) is 6.54 Å². The minimum absolute atomic E-state index is 0.110. The molecule has 0 spiro atoms. The fraction of sp³-hybridized carbons (Fsp3) is 0.500. The number of hydrogen-bond acceptors (Lipinski definition) is 4. The number of ether oxygens (including phenoxy) is 1. The van der Waals surface area contributed by atoms with Crippen LogP contribution in [-0.4, -0.2) is 48.3 Å². The van der Waals surface area contributed by atoms with Crippen molar-refractivity contribution in [3.8, 4) is 5.75 Å². The number of nitrogens with two attached hydrogens (primary N) is 1. The van der Waals surface area contributed by atoms with Crippen molar-refractivity contribution in [1.82, 2.24) is 4.90 Å². The van der Waals surface area contributed by atoms with E-state index < -0.39 is 29.8 Å². The Kier molecular flexibility index (Phi) is 6.19. The van der Waals surface area contributed by atoms with E-state index in [9.17, 15) is 23.1 Å². The molecule has 0 fully saturated rings. The van der Waals surface area contributed by atoms with Crippen molar-refractivity contribution in [3.05, 3.63) is 29.8 Å². The number of carbonyl (C=O) groups is 1. The van der Waals surface area contributed by atoms with Crippen molar-refractivity contribution in [3.63, 3.8) is 0 Å². The minimum Gasteiger partial charge on any atom is -0.491 e. The molecule has 124 valence electrons. The van der Waals surface area contributed by atoms with E-state index >= 15 is 0 Å². The van der Waals surface area contributed by atoms with Gasteiger partial charge in [-0.05, 0) is 38.2 Å². The van der Waals surface area contributed by atoms with Crippen LogP contribution in [0, 0.1) is 0 Å². The number of carbonyl (C=O) groups excluding carboxylic acids is 1. The van der Waals surface area contributed by atoms with Gasteiger partial charge in [-0.3, -0.25) is 9.69 Å². The van der Waals surface area contributed by atoms with E-state index in [1.54, 1.807) is 18.9 Å². The molecule has 3 N–H and O–H groups in total. The molecule has 0 aliphatic rings. The number of likely N-dealkylation sites (N-methyl/N-ethyl adjacent to an activating group) is 1. The summed E-state index contributed by atoms with van der Waals surface area (Å²) in [6.45, 7) is 1.64. The van der Waals surface area contributed by atoms with Gasteiger partial charge < -0.3 is 15.6 Å². The summed E-state index contributed by atoms with van der Waals surface area (Å²) >= 11 is 0. The maximum absolute atomic E-state index is 12.4. The van der Waals surface area contributed by atoms with E-state index in [-0.39, 0.29) is 18.9 Å². The van der Waals surface area contributed by atoms with Crippen LogP contribution in [0.1, 0.15) is 12.5 Å². The van der Waals surface area contributed by atoms with Crippen LogP contribution in [0.15, 0.2) is 24.3 Å². The predicted molar refractivity (Wildman–Crippen MR) is 74.2 cm³/mol. The number of halogens is 3. The summed E-state index contributed by atoms with van der Waals surface area (Å²) in [6.07, 6.45) is -5.31. The fourth-order valence-electron chi connectivity index (χ4n) is 1.69. The van der Waals surface area contributed by atoms with Crippen LogP contribution in [0.4, 0.5) is 13.2 Å². The quantitative estimate of drug-likeness (QED) is 0.793. The molecule has 0 aliphatic carbocycles. The zero-order chi connectivity index (χ0) is 16.9. The molecule has 22 heavy (non-hydrogen) atoms. The molecule has 1 rings (SSSR count). The van der Waals surface area contributed by atoms with E-state index in [0.717, 1.165) is 12.1 Å². The SMILES string of the molecule is CC(C(N)=O)N(C)CC(O)COc1ccc(C(F)(F)F)cc1. The Morgan fingerprint density at radius 3 is 2.36 bits per heavy atom. The minimum atomic E-state index is -4.40. The lowest BCUT2D eigenvalue weighted by Crippen LogP contribution is -2.44. The average Bonchev–Trinajstić information content (AvgIpc) is 2.43. The molecule has 0 aromatic heterocycles. The molecule has 1 amide bonds. The number of alkyl halides is 3. The van der Waals surface area contributed by atoms with Crippen LogP contribution in [0.5, 0.6) is 5.75 Å². The van der Waals surface area contributed by atoms with E-state index in [0.29, 0.717) is 0 Å². The van der Waals surface area contributed by atoms with Crippen LogP contribution < -0.4 is 10.5 Å². The van der Waals surface area contributed by atoms with Gasteiger partial charge >= 0.3 is 6.18 Å². The van der Waals surface area contributed by atoms with Gasteiger partial charge in [0.05, 0.1) is 11.6 Å². The highest BCUT2D eigenvalue weighted by Crippen LogP contribution is 2.30. The third-order valence-electron chi connectivity index (χ3n) is 3.20. The summed E-state index contributed by atoms with van der Waals surface area (Å²) in [4.78, 5) is 12.5. The molecule has 2 unspecified atom stereocenters. The average molecular weight is 320 g/mol. The normalized spacial score (nSPS) is 14.7. The third-order valence-corrected chi connectivity index (χ3v) is 3.20. The van der Waals surface area contributed by atoms with Crippen molar-refractivity contribution in [2.45, 2.75) is 25.2 Å². The number of benzene rings is 1. The zero-order valence-electron chi connectivity index (χ0n) is 12.3. The lowest BCUT2D eigenvalue weighted by Gasteiger charge is -2.24. The smallest absolute Gasteiger partial charge is 0.416 e. The molecule has 2 atom stereocenters. The Labute approximate surface area is 126 Å². The van der Waals surface area contributed by atoms with Gasteiger partial charge in [0.2, 0.25) is 5.91 Å². The molecular weight excluding hydrogens is 301 g/mol. The maximum atomic E-state index is 12.4. The van der Waals surface area contributed by atoms with Gasteiger partial charge in [-0.25, -0.2) is 0 Å². The van der Waals surface area contributed by atoms with Gasteiger partial charge in [-0.15, -0.1) is 0 Å². The van der Waals surface area contributed by atoms with Crippen molar-refractivity contribution in [2.24, 2.45) is 5.73 Å². The van der Waals surface area contributed by atoms with Crippen molar-refractivity contribution < 1.29 is 27.8 Å². The maximum Gasteiger partial charge on any atom is 0.416 e. The summed E-state index contributed by atoms with van der Waals surface area (Å²) in [6, 6.07) is 3.64. The molecule has 0 radical (unpaired) electrons. The highest BCUT2D eigenvalue weighted by molar-refractivity contribution is 5.79. The molecule has 1 aromatic carbocycles. The Bertz CT molecular complexity index is 491. The molecule has 0 bridgehead atoms. The number of primary amides is 1. The van der Waals surface area contributed by atoms with Crippen LogP contribution in [0.3, 0.4) is 0 Å². The second-order valence-corrected chi connectivity index (χ2v) is 5.00. The first-order valence-corrected chi connectivity index (χ1v) is 6.59. The van der Waals surface area contributed by atoms with E-state index in [4.69, 9.17) is 10.5 Å². The largest absolute Gasteiger partial charge is 0.491 e. The molecule has 0 heterocycles. The monoisotopic (exact) mass is 320 g/mol. The highest BCUT2D eigenvalue weighted by atomic mass is 19.4. The Hall–Kier alpha value is -1.80. The second kappa shape index (κ2) is 7.46. The summed E-state index contributed by atoms with van der Waals surface area (Å²) in [5, 5.41) is 9.80. The molecule has 0 aliphatic heterocycles. The first-order chi connectivity index (χ1) is 10.1. The lowest BCUT2D eigenvalue weighted by atomic mass is 10.2. The summed E-state index contributed by atoms with van der Waals surface area (Å²) in [5.41, 5.74) is 4.37. The van der Waals surface area contributed by atoms with Crippen molar-refractivity contribution in [1.29, 1.82) is 0 Å². The molecular formula is C14H19F3N2O3. The summed E-state index contributed by atoms with van der Waals surface area (Å²) < 4.78 is 42.4. The fourth-order valence-corrected chi connectivity index (χ4v) is 1.69. The van der Waals surface area contributed by atoms with Crippen LogP contribution in [0.25, 0.3) is 0 Å². The second-order valence-electron chi connectivity index (χ2n) is 5.00. The number of rotatable bonds is 7. The number of nitrogens with zero attached hydrogens (tertiary/aromatic N) is 1. The van der Waals surface area contributed by atoms with Crippen molar-refractivity contribution >= 4 is 5.91 Å². The predicted octanol–water partition coefficient (Wildman–Crippen LogP) is 1.25. The number of hydrogen-bond donors (Lipinski definition) is 2.